The molecule has 3 aromatic rings. The van der Waals surface area contributed by atoms with Gasteiger partial charge in [0, 0.05) is 27.0 Å². The molecule has 2 nitrogen and oxygen atoms in total. The van der Waals surface area contributed by atoms with Crippen LogP contribution in [0.4, 0.5) is 5.69 Å². The van der Waals surface area contributed by atoms with Crippen molar-refractivity contribution in [1.82, 2.24) is 0 Å². The Balaban J connectivity index is 1.53. The Morgan fingerprint density at radius 2 is 1.67 bits per heavy atom. The van der Waals surface area contributed by atoms with E-state index in [2.05, 4.69) is 5.32 Å². The number of hydrogen-bond acceptors (Lipinski definition) is 1. The minimum absolute atomic E-state index is 0.0292. The molecule has 0 spiro atoms. The van der Waals surface area contributed by atoms with Crippen molar-refractivity contribution in [3.05, 3.63) is 76.3 Å². The third kappa shape index (κ3) is 3.00. The molecule has 0 aliphatic heterocycles. The zero-order chi connectivity index (χ0) is 16.7. The number of nitrogens with one attached hydrogen (secondary N) is 1. The fourth-order valence-electron chi connectivity index (χ4n) is 3.20. The number of benzene rings is 3. The lowest BCUT2D eigenvalue weighted by Gasteiger charge is -2.09. The lowest BCUT2D eigenvalue weighted by Crippen LogP contribution is -2.14. The third-order valence-corrected chi connectivity index (χ3v) is 4.92. The van der Waals surface area contributed by atoms with E-state index < -0.39 is 0 Å². The van der Waals surface area contributed by atoms with E-state index in [1.165, 1.54) is 0 Å². The van der Waals surface area contributed by atoms with E-state index in [1.54, 1.807) is 6.07 Å². The van der Waals surface area contributed by atoms with Gasteiger partial charge in [0.1, 0.15) is 0 Å². The molecule has 120 valence electrons. The number of halogens is 2. The largest absolute Gasteiger partial charge is 0.325 e. The minimum Gasteiger partial charge on any atom is -0.325 e. The molecule has 1 saturated carbocycles. The molecule has 24 heavy (non-hydrogen) atoms. The zero-order valence-corrected chi connectivity index (χ0v) is 14.3. The molecule has 0 radical (unpaired) electrons. The Kier molecular flexibility index (Phi) is 3.95. The van der Waals surface area contributed by atoms with Gasteiger partial charge in [-0.3, -0.25) is 4.79 Å². The van der Waals surface area contributed by atoms with Gasteiger partial charge < -0.3 is 5.32 Å². The van der Waals surface area contributed by atoms with Gasteiger partial charge in [-0.15, -0.1) is 0 Å². The molecule has 1 N–H and O–H groups in total. The molecule has 4 heteroatoms. The molecule has 1 aliphatic carbocycles. The number of carbonyl (C=O) groups is 1. The summed E-state index contributed by atoms with van der Waals surface area (Å²) in [6, 6.07) is 19.5. The zero-order valence-electron chi connectivity index (χ0n) is 12.8. The first kappa shape index (κ1) is 15.5. The normalized spacial score (nSPS) is 19.2. The molecular formula is C20H15Cl2NO. The van der Waals surface area contributed by atoms with Crippen LogP contribution in [0.2, 0.25) is 10.0 Å². The summed E-state index contributed by atoms with van der Waals surface area (Å²) in [7, 11) is 0. The van der Waals surface area contributed by atoms with Crippen LogP contribution in [0.5, 0.6) is 0 Å². The maximum Gasteiger partial charge on any atom is 0.228 e. The average Bonchev–Trinajstić information content (AvgIpc) is 3.35. The fourth-order valence-corrected chi connectivity index (χ4v) is 3.75. The van der Waals surface area contributed by atoms with Crippen LogP contribution in [0.25, 0.3) is 10.8 Å². The highest BCUT2D eigenvalue weighted by Gasteiger charge is 2.44. The highest BCUT2D eigenvalue weighted by Crippen LogP contribution is 2.49. The highest BCUT2D eigenvalue weighted by atomic mass is 35.5. The topological polar surface area (TPSA) is 29.1 Å². The maximum absolute atomic E-state index is 12.6. The Hall–Kier alpha value is -2.03. The van der Waals surface area contributed by atoms with E-state index in [4.69, 9.17) is 23.2 Å². The molecule has 3 aromatic carbocycles. The van der Waals surface area contributed by atoms with Crippen molar-refractivity contribution in [3.63, 3.8) is 0 Å². The lowest BCUT2D eigenvalue weighted by molar-refractivity contribution is -0.117. The Bertz CT molecular complexity index is 912. The summed E-state index contributed by atoms with van der Waals surface area (Å²) >= 11 is 12.1. The fraction of sp³-hybridized carbons (Fsp3) is 0.150. The smallest absolute Gasteiger partial charge is 0.228 e. The quantitative estimate of drug-likeness (QED) is 0.623. The molecule has 0 heterocycles. The molecule has 1 fully saturated rings. The Morgan fingerprint density at radius 3 is 2.46 bits per heavy atom. The van der Waals surface area contributed by atoms with Crippen LogP contribution in [0, 0.1) is 5.92 Å². The van der Waals surface area contributed by atoms with E-state index in [9.17, 15) is 4.79 Å². The first-order valence-electron chi connectivity index (χ1n) is 7.86. The summed E-state index contributed by atoms with van der Waals surface area (Å²) in [5.74, 6) is 0.210. The second-order valence-corrected chi connectivity index (χ2v) is 7.04. The van der Waals surface area contributed by atoms with Gasteiger partial charge in [-0.1, -0.05) is 59.6 Å². The van der Waals surface area contributed by atoms with Crippen molar-refractivity contribution < 1.29 is 4.79 Å². The molecule has 1 aliphatic rings. The van der Waals surface area contributed by atoms with Gasteiger partial charge in [0.2, 0.25) is 5.91 Å². The Morgan fingerprint density at radius 1 is 0.958 bits per heavy atom. The van der Waals surface area contributed by atoms with Crippen molar-refractivity contribution in [2.45, 2.75) is 12.3 Å². The van der Waals surface area contributed by atoms with E-state index in [1.807, 2.05) is 54.6 Å². The molecule has 0 aromatic heterocycles. The van der Waals surface area contributed by atoms with Gasteiger partial charge in [-0.05, 0) is 47.6 Å². The minimum atomic E-state index is -0.0292. The molecule has 4 rings (SSSR count). The molecular weight excluding hydrogens is 341 g/mol. The number of fused-ring (bicyclic) bond motifs is 1. The van der Waals surface area contributed by atoms with Crippen molar-refractivity contribution in [2.75, 3.05) is 5.32 Å². The van der Waals surface area contributed by atoms with E-state index in [-0.39, 0.29) is 17.7 Å². The molecule has 0 unspecified atom stereocenters. The van der Waals surface area contributed by atoms with Crippen LogP contribution in [0.15, 0.2) is 60.7 Å². The second kappa shape index (κ2) is 6.12. The summed E-state index contributed by atoms with van der Waals surface area (Å²) in [4.78, 5) is 12.6. The first-order valence-corrected chi connectivity index (χ1v) is 8.62. The van der Waals surface area contributed by atoms with E-state index in [0.29, 0.717) is 10.0 Å². The average molecular weight is 356 g/mol. The van der Waals surface area contributed by atoms with E-state index in [0.717, 1.165) is 28.4 Å². The number of rotatable bonds is 3. The van der Waals surface area contributed by atoms with Gasteiger partial charge in [-0.25, -0.2) is 0 Å². The predicted octanol–water partition coefficient (Wildman–Crippen LogP) is 5.89. The molecule has 0 bridgehead atoms. The highest BCUT2D eigenvalue weighted by molar-refractivity contribution is 6.34. The first-order chi connectivity index (χ1) is 11.6. The van der Waals surface area contributed by atoms with Gasteiger partial charge in [0.05, 0.1) is 0 Å². The van der Waals surface area contributed by atoms with E-state index >= 15 is 0 Å². The predicted molar refractivity (Wildman–Crippen MR) is 99.9 cm³/mol. The summed E-state index contributed by atoms with van der Waals surface area (Å²) in [5, 5.41) is 6.46. The summed E-state index contributed by atoms with van der Waals surface area (Å²) in [6.45, 7) is 0. The van der Waals surface area contributed by atoms with Crippen molar-refractivity contribution >= 4 is 45.6 Å². The summed E-state index contributed by atoms with van der Waals surface area (Å²) in [6.07, 6.45) is 0.827. The molecule has 2 atom stereocenters. The number of hydrogen-bond donors (Lipinski definition) is 1. The van der Waals surface area contributed by atoms with Gasteiger partial charge in [-0.2, -0.15) is 0 Å². The monoisotopic (exact) mass is 355 g/mol. The maximum atomic E-state index is 12.6. The molecule has 1 amide bonds. The van der Waals surface area contributed by atoms with Gasteiger partial charge in [0.25, 0.3) is 0 Å². The number of anilines is 1. The van der Waals surface area contributed by atoms with Crippen molar-refractivity contribution in [1.29, 1.82) is 0 Å². The van der Waals surface area contributed by atoms with Crippen LogP contribution in [0.3, 0.4) is 0 Å². The van der Waals surface area contributed by atoms with Crippen molar-refractivity contribution in [2.24, 2.45) is 5.92 Å². The SMILES string of the molecule is O=C(Nc1cccc2ccccc12)[C@H]1C[C@@H]1c1cc(Cl)cc(Cl)c1. The van der Waals surface area contributed by atoms with Gasteiger partial charge in [0.15, 0.2) is 0 Å². The van der Waals surface area contributed by atoms with Crippen LogP contribution in [-0.2, 0) is 4.79 Å². The third-order valence-electron chi connectivity index (χ3n) is 4.49. The Labute approximate surface area is 150 Å². The summed E-state index contributed by atoms with van der Waals surface area (Å²) < 4.78 is 0. The van der Waals surface area contributed by atoms with Crippen LogP contribution >= 0.6 is 23.2 Å². The second-order valence-electron chi connectivity index (χ2n) is 6.17. The number of carbonyl (C=O) groups excluding carboxylic acids is 1. The van der Waals surface area contributed by atoms with Crippen LogP contribution in [0.1, 0.15) is 17.9 Å². The molecule has 0 saturated heterocycles. The number of amides is 1. The van der Waals surface area contributed by atoms with Crippen LogP contribution in [-0.4, -0.2) is 5.91 Å². The lowest BCUT2D eigenvalue weighted by atomic mass is 10.1. The van der Waals surface area contributed by atoms with Crippen molar-refractivity contribution in [3.8, 4) is 0 Å². The standard InChI is InChI=1S/C20H15Cl2NO/c21-14-8-13(9-15(22)10-14)17-11-18(17)20(24)23-19-7-3-5-12-4-1-2-6-16(12)19/h1-10,17-18H,11H2,(H,23,24)/t17-,18+/m1/s1. The summed E-state index contributed by atoms with van der Waals surface area (Å²) in [5.41, 5.74) is 1.89. The van der Waals surface area contributed by atoms with Crippen LogP contribution < -0.4 is 5.32 Å². The van der Waals surface area contributed by atoms with Gasteiger partial charge >= 0.3 is 0 Å².